The second kappa shape index (κ2) is 18.9. The highest BCUT2D eigenvalue weighted by molar-refractivity contribution is 7.00. The number of hydrogen-bond donors (Lipinski definition) is 0. The summed E-state index contributed by atoms with van der Waals surface area (Å²) in [6.45, 7) is 39.6. The minimum Gasteiger partial charge on any atom is -0.455 e. The maximum atomic E-state index is 6.65. The molecule has 5 heteroatoms. The van der Waals surface area contributed by atoms with Crippen LogP contribution in [0.4, 0.5) is 51.2 Å². The van der Waals surface area contributed by atoms with Gasteiger partial charge in [-0.15, -0.1) is 0 Å². The molecule has 3 heterocycles. The Morgan fingerprint density at radius 2 is 0.926 bits per heavy atom. The highest BCUT2D eigenvalue weighted by atomic mass is 16.3. The van der Waals surface area contributed by atoms with Gasteiger partial charge in [0.15, 0.2) is 0 Å². The number of nitrogens with zero attached hydrogens (tertiary/aromatic N) is 3. The van der Waals surface area contributed by atoms with Crippen LogP contribution in [0.3, 0.4) is 0 Å². The zero-order chi connectivity index (χ0) is 57.5. The number of anilines is 9. The summed E-state index contributed by atoms with van der Waals surface area (Å²) in [6, 6.07) is 67.1. The molecule has 0 amide bonds. The van der Waals surface area contributed by atoms with Gasteiger partial charge in [-0.1, -0.05) is 207 Å². The minimum atomic E-state index is -0.184. The van der Waals surface area contributed by atoms with Crippen LogP contribution in [0.1, 0.15) is 143 Å². The smallest absolute Gasteiger partial charge is 0.252 e. The van der Waals surface area contributed by atoms with E-state index in [2.05, 4.69) is 308 Å². The zero-order valence-corrected chi connectivity index (χ0v) is 51.1. The summed E-state index contributed by atoms with van der Waals surface area (Å²) in [5, 5.41) is 2.26. The Hall–Kier alpha value is -7.76. The monoisotopic (exact) mass is 1060 g/mol. The van der Waals surface area contributed by atoms with Crippen molar-refractivity contribution in [2.45, 2.75) is 145 Å². The summed E-state index contributed by atoms with van der Waals surface area (Å²) in [6.07, 6.45) is 0. The van der Waals surface area contributed by atoms with Gasteiger partial charge in [-0.3, -0.25) is 0 Å². The van der Waals surface area contributed by atoms with Gasteiger partial charge in [0.2, 0.25) is 0 Å². The van der Waals surface area contributed by atoms with Gasteiger partial charge in [-0.05, 0) is 175 Å². The summed E-state index contributed by atoms with van der Waals surface area (Å²) in [5.74, 6) is 0. The lowest BCUT2D eigenvalue weighted by Crippen LogP contribution is -2.62. The molecule has 0 aliphatic carbocycles. The molecular formula is C76H80BN3O. The number of hydrogen-bond acceptors (Lipinski definition) is 4. The summed E-state index contributed by atoms with van der Waals surface area (Å²) in [7, 11) is 0. The molecule has 0 atom stereocenters. The molecule has 9 aromatic carbocycles. The maximum absolute atomic E-state index is 6.65. The van der Waals surface area contributed by atoms with E-state index in [0.717, 1.165) is 55.8 Å². The van der Waals surface area contributed by atoms with Gasteiger partial charge in [0, 0.05) is 67.5 Å². The Morgan fingerprint density at radius 3 is 1.49 bits per heavy atom. The zero-order valence-electron chi connectivity index (χ0n) is 51.1. The SMILES string of the molecule is Cc1cc(C(C)(C)C)cc2c1N(c1ccc(C(C)(C)C)cc1)c1c(C)c(C(C)(C)C)cc3c1B2c1ccc(N(c2ccc(C(C)(C)C)cc2)c2ccc(C(C)(C)C)cc2)cc1N3c1ccc(-c2cccc3c2oc2ccccc23)cc1. The van der Waals surface area contributed by atoms with Crippen molar-refractivity contribution in [2.75, 3.05) is 14.7 Å². The lowest BCUT2D eigenvalue weighted by Gasteiger charge is -2.47. The molecule has 2 aliphatic heterocycles. The van der Waals surface area contributed by atoms with Crippen molar-refractivity contribution in [2.24, 2.45) is 0 Å². The van der Waals surface area contributed by atoms with Crippen LogP contribution in [-0.4, -0.2) is 6.71 Å². The molecule has 0 bridgehead atoms. The fourth-order valence-electron chi connectivity index (χ4n) is 13.0. The van der Waals surface area contributed by atoms with E-state index in [1.807, 2.05) is 0 Å². The average molecular weight is 1060 g/mol. The molecule has 4 nitrogen and oxygen atoms in total. The molecule has 408 valence electrons. The Bertz CT molecular complexity index is 4010. The van der Waals surface area contributed by atoms with Crippen molar-refractivity contribution in [3.05, 3.63) is 215 Å². The van der Waals surface area contributed by atoms with Gasteiger partial charge in [-0.2, -0.15) is 0 Å². The van der Waals surface area contributed by atoms with Gasteiger partial charge >= 0.3 is 0 Å². The second-order valence-corrected chi connectivity index (χ2v) is 28.5. The van der Waals surface area contributed by atoms with E-state index in [0.29, 0.717) is 0 Å². The molecule has 12 rings (SSSR count). The fraction of sp³-hybridized carbons (Fsp3) is 0.289. The van der Waals surface area contributed by atoms with E-state index in [4.69, 9.17) is 4.42 Å². The lowest BCUT2D eigenvalue weighted by molar-refractivity contribution is 0.586. The van der Waals surface area contributed by atoms with E-state index in [9.17, 15) is 0 Å². The molecule has 0 saturated heterocycles. The van der Waals surface area contributed by atoms with Gasteiger partial charge in [0.25, 0.3) is 6.71 Å². The third-order valence-corrected chi connectivity index (χ3v) is 17.5. The van der Waals surface area contributed by atoms with Gasteiger partial charge in [-0.25, -0.2) is 0 Å². The third kappa shape index (κ3) is 9.26. The molecule has 81 heavy (non-hydrogen) atoms. The number of benzene rings is 9. The van der Waals surface area contributed by atoms with Crippen molar-refractivity contribution < 1.29 is 4.42 Å². The first kappa shape index (κ1) is 53.9. The predicted octanol–water partition coefficient (Wildman–Crippen LogP) is 19.9. The van der Waals surface area contributed by atoms with Crippen molar-refractivity contribution in [3.8, 4) is 11.1 Å². The Morgan fingerprint density at radius 1 is 0.407 bits per heavy atom. The summed E-state index contributed by atoms with van der Waals surface area (Å²) >= 11 is 0. The highest BCUT2D eigenvalue weighted by Crippen LogP contribution is 2.51. The van der Waals surface area contributed by atoms with E-state index < -0.39 is 0 Å². The summed E-state index contributed by atoms with van der Waals surface area (Å²) in [5.41, 5.74) is 27.5. The number of aryl methyl sites for hydroxylation is 1. The Balaban J connectivity index is 1.16. The maximum Gasteiger partial charge on any atom is 0.252 e. The fourth-order valence-corrected chi connectivity index (χ4v) is 13.0. The van der Waals surface area contributed by atoms with E-state index >= 15 is 0 Å². The summed E-state index contributed by atoms with van der Waals surface area (Å²) in [4.78, 5) is 7.71. The molecule has 0 fully saturated rings. The van der Waals surface area contributed by atoms with Gasteiger partial charge < -0.3 is 19.1 Å². The van der Waals surface area contributed by atoms with E-state index in [1.54, 1.807) is 0 Å². The van der Waals surface area contributed by atoms with Crippen LogP contribution >= 0.6 is 0 Å². The standard InChI is InChI=1S/C76H80BN3O/c1-47-43-53(75(12,13)14)44-64-69(47)80(57-39-31-52(32-40-57)74(9,10)11)70-48(2)62(76(15,16)17)46-66-68(70)77(64)63-42-41-58(78(54-35-27-50(28-36-54)72(3,4)5)55-37-29-51(30-38-55)73(6,7)8)45-65(63)79(66)56-33-25-49(26-34-56)59-22-20-23-61-60-21-18-19-24-67(60)81-71(59)61/h18-46H,1-17H3. The molecule has 0 saturated carbocycles. The van der Waals surface area contributed by atoms with Crippen molar-refractivity contribution >= 4 is 96.2 Å². The first-order valence-electron chi connectivity index (χ1n) is 29.4. The van der Waals surface area contributed by atoms with Crippen LogP contribution < -0.4 is 31.1 Å². The summed E-state index contributed by atoms with van der Waals surface area (Å²) < 4.78 is 6.65. The number of furan rings is 1. The quantitative estimate of drug-likeness (QED) is 0.155. The van der Waals surface area contributed by atoms with Crippen LogP contribution in [0.15, 0.2) is 180 Å². The first-order valence-corrected chi connectivity index (χ1v) is 29.4. The van der Waals surface area contributed by atoms with Crippen LogP contribution in [0.2, 0.25) is 0 Å². The molecule has 1 aromatic heterocycles. The normalized spacial score (nSPS) is 13.7. The highest BCUT2D eigenvalue weighted by Gasteiger charge is 2.46. The van der Waals surface area contributed by atoms with E-state index in [1.165, 1.54) is 83.8 Å². The first-order chi connectivity index (χ1) is 38.2. The largest absolute Gasteiger partial charge is 0.455 e. The van der Waals surface area contributed by atoms with Crippen LogP contribution in [-0.2, 0) is 27.1 Å². The molecule has 0 spiro atoms. The van der Waals surface area contributed by atoms with Crippen molar-refractivity contribution in [3.63, 3.8) is 0 Å². The molecule has 0 unspecified atom stereocenters. The molecule has 2 aliphatic rings. The van der Waals surface area contributed by atoms with Crippen molar-refractivity contribution in [1.29, 1.82) is 0 Å². The topological polar surface area (TPSA) is 22.9 Å². The van der Waals surface area contributed by atoms with Crippen LogP contribution in [0, 0.1) is 13.8 Å². The molecule has 10 aromatic rings. The third-order valence-electron chi connectivity index (χ3n) is 17.5. The van der Waals surface area contributed by atoms with Gasteiger partial charge in [0.1, 0.15) is 11.2 Å². The second-order valence-electron chi connectivity index (χ2n) is 28.5. The number of para-hydroxylation sites is 2. The Kier molecular flexibility index (Phi) is 12.6. The number of fused-ring (bicyclic) bond motifs is 7. The van der Waals surface area contributed by atoms with Gasteiger partial charge in [0.05, 0.1) is 0 Å². The number of rotatable bonds is 6. The molecule has 0 N–H and O–H groups in total. The lowest BCUT2D eigenvalue weighted by atomic mass is 9.33. The van der Waals surface area contributed by atoms with Crippen LogP contribution in [0.5, 0.6) is 0 Å². The van der Waals surface area contributed by atoms with Crippen molar-refractivity contribution in [1.82, 2.24) is 0 Å². The molecular weight excluding hydrogens is 982 g/mol. The average Bonchev–Trinajstić information content (AvgIpc) is 1.76. The predicted molar refractivity (Wildman–Crippen MR) is 351 cm³/mol. The van der Waals surface area contributed by atoms with Crippen LogP contribution in [0.25, 0.3) is 33.1 Å². The minimum absolute atomic E-state index is 0.0146. The Labute approximate surface area is 483 Å². The van der Waals surface area contributed by atoms with E-state index in [-0.39, 0.29) is 33.8 Å². The molecule has 0 radical (unpaired) electrons.